The molecule has 1 aromatic rings. The number of amides is 1. The first-order valence-corrected chi connectivity index (χ1v) is 11.6. The van der Waals surface area contributed by atoms with E-state index >= 15 is 0 Å². The zero-order valence-electron chi connectivity index (χ0n) is 16.2. The summed E-state index contributed by atoms with van der Waals surface area (Å²) in [4.78, 5) is 37.9. The Hall–Kier alpha value is -1.71. The maximum absolute atomic E-state index is 13.0. The Bertz CT molecular complexity index is 754. The minimum atomic E-state index is -1.02. The van der Waals surface area contributed by atoms with Crippen LogP contribution in [0, 0.1) is 0 Å². The monoisotopic (exact) mass is 438 g/mol. The Labute approximate surface area is 178 Å². The van der Waals surface area contributed by atoms with Crippen LogP contribution in [0.15, 0.2) is 30.3 Å². The lowest BCUT2D eigenvalue weighted by molar-refractivity contribution is -0.149. The normalized spacial score (nSPS) is 22.5. The molecule has 3 atom stereocenters. The van der Waals surface area contributed by atoms with Crippen molar-refractivity contribution in [3.05, 3.63) is 35.9 Å². The maximum atomic E-state index is 13.0. The van der Waals surface area contributed by atoms with Crippen LogP contribution in [0.4, 0.5) is 0 Å². The van der Waals surface area contributed by atoms with Gasteiger partial charge in [0.25, 0.3) is 0 Å². The van der Waals surface area contributed by atoms with Crippen molar-refractivity contribution < 1.29 is 24.6 Å². The van der Waals surface area contributed by atoms with Gasteiger partial charge in [-0.1, -0.05) is 30.3 Å². The largest absolute Gasteiger partial charge is 0.480 e. The van der Waals surface area contributed by atoms with Crippen molar-refractivity contribution in [2.75, 3.05) is 18.1 Å². The predicted molar refractivity (Wildman–Crippen MR) is 114 cm³/mol. The van der Waals surface area contributed by atoms with Crippen molar-refractivity contribution in [2.45, 2.75) is 48.4 Å². The second-order valence-electron chi connectivity index (χ2n) is 7.44. The van der Waals surface area contributed by atoms with Crippen molar-refractivity contribution in [3.63, 3.8) is 0 Å². The maximum Gasteiger partial charge on any atom is 0.326 e. The number of thioether (sulfide) groups is 2. The highest BCUT2D eigenvalue weighted by Crippen LogP contribution is 2.51. The summed E-state index contributed by atoms with van der Waals surface area (Å²) in [5.74, 6) is -0.473. The molecule has 7 nitrogen and oxygen atoms in total. The van der Waals surface area contributed by atoms with Gasteiger partial charge in [0, 0.05) is 24.5 Å². The van der Waals surface area contributed by atoms with Crippen molar-refractivity contribution in [2.24, 2.45) is 0 Å². The molecule has 1 amide bonds. The number of nitrogens with zero attached hydrogens (tertiary/aromatic N) is 1. The van der Waals surface area contributed by atoms with Crippen LogP contribution >= 0.6 is 23.5 Å². The van der Waals surface area contributed by atoms with Gasteiger partial charge in [-0.15, -0.1) is 23.5 Å². The van der Waals surface area contributed by atoms with Crippen LogP contribution < -0.4 is 5.32 Å². The molecular weight excluding hydrogens is 412 g/mol. The first-order valence-electron chi connectivity index (χ1n) is 9.65. The first-order chi connectivity index (χ1) is 13.8. The zero-order valence-corrected chi connectivity index (χ0v) is 17.9. The summed E-state index contributed by atoms with van der Waals surface area (Å²) in [7, 11) is 0. The molecular formula is C20H26N2O5S2. The van der Waals surface area contributed by atoms with E-state index in [4.69, 9.17) is 0 Å². The number of aryl methyl sites for hydroxylation is 1. The number of rotatable bonds is 8. The van der Waals surface area contributed by atoms with E-state index in [2.05, 4.69) is 5.32 Å². The van der Waals surface area contributed by atoms with Crippen molar-refractivity contribution in [3.8, 4) is 0 Å². The number of carboxylic acids is 2. The van der Waals surface area contributed by atoms with Crippen LogP contribution in [0.25, 0.3) is 0 Å². The lowest BCUT2D eigenvalue weighted by Crippen LogP contribution is -2.53. The van der Waals surface area contributed by atoms with Crippen LogP contribution in [0.3, 0.4) is 0 Å². The third-order valence-electron chi connectivity index (χ3n) is 5.36. The number of nitrogens with one attached hydrogen (secondary N) is 1. The fourth-order valence-corrected chi connectivity index (χ4v) is 7.11. The van der Waals surface area contributed by atoms with E-state index in [-0.39, 0.29) is 9.99 Å². The Morgan fingerprint density at radius 2 is 1.86 bits per heavy atom. The van der Waals surface area contributed by atoms with Crippen molar-refractivity contribution in [1.29, 1.82) is 0 Å². The van der Waals surface area contributed by atoms with Crippen LogP contribution in [0.1, 0.15) is 25.3 Å². The number of carboxylic acid groups (broad SMARTS) is 2. The molecule has 1 unspecified atom stereocenters. The second-order valence-corrected chi connectivity index (χ2v) is 10.7. The number of carbonyl (C=O) groups is 3. The highest BCUT2D eigenvalue weighted by atomic mass is 32.2. The number of likely N-dealkylation sites (tertiary alicyclic amines) is 1. The molecule has 0 aromatic heterocycles. The van der Waals surface area contributed by atoms with Gasteiger partial charge in [0.05, 0.1) is 10.1 Å². The minimum Gasteiger partial charge on any atom is -0.480 e. The molecule has 0 radical (unpaired) electrons. The van der Waals surface area contributed by atoms with Gasteiger partial charge in [-0.2, -0.15) is 0 Å². The summed E-state index contributed by atoms with van der Waals surface area (Å²) in [5.41, 5.74) is 1.03. The molecule has 2 fully saturated rings. The van der Waals surface area contributed by atoms with Gasteiger partial charge >= 0.3 is 11.9 Å². The van der Waals surface area contributed by atoms with E-state index in [1.165, 1.54) is 4.90 Å². The standard InChI is InChI=1S/C20H26N2O5S2/c1-13(21-15(18(24)25)8-7-14-5-3-2-4-6-14)17(23)22-12-20(28-9-10-29-20)11-16(22)19(26)27/h2-6,13,15-16,21H,7-12H2,1H3,(H,24,25)(H,26,27)/t13-,15?,16+/m1/s1. The summed E-state index contributed by atoms with van der Waals surface area (Å²) in [6.07, 6.45) is 1.34. The molecule has 0 bridgehead atoms. The Morgan fingerprint density at radius 1 is 1.21 bits per heavy atom. The van der Waals surface area contributed by atoms with Gasteiger partial charge in [0.15, 0.2) is 0 Å². The lowest BCUT2D eigenvalue weighted by Gasteiger charge is -2.28. The Morgan fingerprint density at radius 3 is 2.45 bits per heavy atom. The molecule has 2 heterocycles. The number of hydrogen-bond donors (Lipinski definition) is 3. The van der Waals surface area contributed by atoms with Gasteiger partial charge in [-0.05, 0) is 25.3 Å². The highest BCUT2D eigenvalue weighted by Gasteiger charge is 2.52. The number of hydrogen-bond acceptors (Lipinski definition) is 6. The number of benzene rings is 1. The van der Waals surface area contributed by atoms with E-state index in [0.717, 1.165) is 17.1 Å². The third-order valence-corrected chi connectivity index (χ3v) is 8.78. The second kappa shape index (κ2) is 9.40. The molecule has 9 heteroatoms. The van der Waals surface area contributed by atoms with Gasteiger partial charge in [-0.3, -0.25) is 14.9 Å². The summed E-state index contributed by atoms with van der Waals surface area (Å²) >= 11 is 3.44. The quantitative estimate of drug-likeness (QED) is 0.565. The Balaban J connectivity index is 1.64. The molecule has 2 saturated heterocycles. The van der Waals surface area contributed by atoms with E-state index in [0.29, 0.717) is 25.8 Å². The van der Waals surface area contributed by atoms with Gasteiger partial charge in [-0.25, -0.2) is 4.79 Å². The molecule has 2 aliphatic heterocycles. The average Bonchev–Trinajstić information content (AvgIpc) is 3.32. The third kappa shape index (κ3) is 5.26. The smallest absolute Gasteiger partial charge is 0.326 e. The molecule has 1 spiro atoms. The molecule has 1 aromatic carbocycles. The van der Waals surface area contributed by atoms with Crippen LogP contribution in [0.5, 0.6) is 0 Å². The van der Waals surface area contributed by atoms with Crippen LogP contribution in [-0.2, 0) is 20.8 Å². The van der Waals surface area contributed by atoms with Gasteiger partial charge < -0.3 is 15.1 Å². The predicted octanol–water partition coefficient (Wildman–Crippen LogP) is 1.91. The lowest BCUT2D eigenvalue weighted by atomic mass is 10.0. The molecule has 3 rings (SSSR count). The van der Waals surface area contributed by atoms with Gasteiger partial charge in [0.2, 0.25) is 5.91 Å². The fourth-order valence-electron chi connectivity index (χ4n) is 3.85. The van der Waals surface area contributed by atoms with E-state index < -0.39 is 30.1 Å². The molecule has 0 aliphatic carbocycles. The zero-order chi connectivity index (χ0) is 21.0. The van der Waals surface area contributed by atoms with Crippen LogP contribution in [-0.4, -0.2) is 73.2 Å². The molecule has 2 aliphatic rings. The number of carbonyl (C=O) groups excluding carboxylic acids is 1. The number of aliphatic carboxylic acids is 2. The van der Waals surface area contributed by atoms with Gasteiger partial charge in [0.1, 0.15) is 12.1 Å². The summed E-state index contributed by atoms with van der Waals surface area (Å²) in [5, 5.41) is 22.1. The van der Waals surface area contributed by atoms with E-state index in [1.54, 1.807) is 30.4 Å². The SMILES string of the molecule is C[C@@H](NC(CCc1ccccc1)C(=O)O)C(=O)N1CC2(C[C@H]1C(=O)O)SCCS2. The highest BCUT2D eigenvalue weighted by molar-refractivity contribution is 8.21. The van der Waals surface area contributed by atoms with Crippen molar-refractivity contribution >= 4 is 41.4 Å². The average molecular weight is 439 g/mol. The van der Waals surface area contributed by atoms with Crippen molar-refractivity contribution in [1.82, 2.24) is 10.2 Å². The summed E-state index contributed by atoms with van der Waals surface area (Å²) in [6, 6.07) is 7.05. The summed E-state index contributed by atoms with van der Waals surface area (Å²) < 4.78 is -0.252. The summed E-state index contributed by atoms with van der Waals surface area (Å²) in [6.45, 7) is 1.99. The van der Waals surface area contributed by atoms with Crippen LogP contribution in [0.2, 0.25) is 0 Å². The first kappa shape index (κ1) is 22.0. The molecule has 0 saturated carbocycles. The molecule has 158 valence electrons. The van der Waals surface area contributed by atoms with E-state index in [9.17, 15) is 24.6 Å². The minimum absolute atomic E-state index is 0.252. The molecule has 3 N–H and O–H groups in total. The Kier molecular flexibility index (Phi) is 7.13. The molecule has 29 heavy (non-hydrogen) atoms. The fraction of sp³-hybridized carbons (Fsp3) is 0.550. The van der Waals surface area contributed by atoms with E-state index in [1.807, 2.05) is 30.3 Å². The topological polar surface area (TPSA) is 107 Å².